The van der Waals surface area contributed by atoms with Gasteiger partial charge in [-0.1, -0.05) is 20.8 Å². The lowest BCUT2D eigenvalue weighted by Crippen LogP contribution is -2.54. The monoisotopic (exact) mass is 305 g/mol. The maximum absolute atomic E-state index is 12.3. The Bertz CT molecular complexity index is 342. The van der Waals surface area contributed by atoms with Gasteiger partial charge >= 0.3 is 0 Å². The Hall–Kier alpha value is -0.810. The summed E-state index contributed by atoms with van der Waals surface area (Å²) in [5.41, 5.74) is -0.468. The quantitative estimate of drug-likeness (QED) is 0.823. The Morgan fingerprint density at radius 2 is 1.90 bits per heavy atom. The molecule has 6 heteroatoms. The summed E-state index contributed by atoms with van der Waals surface area (Å²) in [5.74, 6) is -0.0759. The van der Waals surface area contributed by atoms with Gasteiger partial charge in [0.15, 0.2) is 0 Å². The number of carbonyl (C=O) groups excluding carboxylic acids is 2. The Balaban J connectivity index is 0.00000361. The molecular weight excluding hydrogens is 278 g/mol. The fraction of sp³-hybridized carbons (Fsp3) is 0.857. The van der Waals surface area contributed by atoms with Gasteiger partial charge in [-0.2, -0.15) is 0 Å². The molecule has 2 amide bonds. The SMILES string of the molecule is CNC1CCCN(C(=O)C(C)NC(=O)C(C)(C)C)C1.Cl. The van der Waals surface area contributed by atoms with Crippen LogP contribution in [0.5, 0.6) is 0 Å². The summed E-state index contributed by atoms with van der Waals surface area (Å²) in [4.78, 5) is 26.0. The molecule has 1 heterocycles. The largest absolute Gasteiger partial charge is 0.344 e. The predicted octanol–water partition coefficient (Wildman–Crippen LogP) is 1.17. The standard InChI is InChI=1S/C14H27N3O2.ClH/c1-10(16-13(19)14(2,3)4)12(18)17-8-6-7-11(9-17)15-5;/h10-11,15H,6-9H2,1-5H3,(H,16,19);1H. The van der Waals surface area contributed by atoms with Crippen molar-refractivity contribution in [3.8, 4) is 0 Å². The molecule has 0 radical (unpaired) electrons. The van der Waals surface area contributed by atoms with Crippen LogP contribution in [0.15, 0.2) is 0 Å². The van der Waals surface area contributed by atoms with E-state index in [0.717, 1.165) is 25.9 Å². The zero-order valence-electron chi connectivity index (χ0n) is 13.2. The van der Waals surface area contributed by atoms with Crippen molar-refractivity contribution in [1.29, 1.82) is 0 Å². The van der Waals surface area contributed by atoms with Crippen LogP contribution in [0.3, 0.4) is 0 Å². The van der Waals surface area contributed by atoms with E-state index in [9.17, 15) is 9.59 Å². The van der Waals surface area contributed by atoms with E-state index >= 15 is 0 Å². The molecule has 1 rings (SSSR count). The zero-order chi connectivity index (χ0) is 14.6. The van der Waals surface area contributed by atoms with Crippen LogP contribution in [0.25, 0.3) is 0 Å². The molecule has 0 aliphatic carbocycles. The molecule has 1 saturated heterocycles. The Morgan fingerprint density at radius 3 is 2.40 bits per heavy atom. The van der Waals surface area contributed by atoms with Gasteiger partial charge in [-0.05, 0) is 26.8 Å². The third-order valence-electron chi connectivity index (χ3n) is 3.54. The average molecular weight is 306 g/mol. The second kappa shape index (κ2) is 7.84. The number of halogens is 1. The van der Waals surface area contributed by atoms with Crippen LogP contribution in [-0.4, -0.2) is 48.9 Å². The van der Waals surface area contributed by atoms with Crippen LogP contribution in [0.2, 0.25) is 0 Å². The highest BCUT2D eigenvalue weighted by Crippen LogP contribution is 2.14. The van der Waals surface area contributed by atoms with Gasteiger partial charge in [0.2, 0.25) is 11.8 Å². The lowest BCUT2D eigenvalue weighted by atomic mass is 9.95. The van der Waals surface area contributed by atoms with E-state index in [1.54, 1.807) is 6.92 Å². The van der Waals surface area contributed by atoms with Crippen molar-refractivity contribution in [2.45, 2.75) is 52.6 Å². The van der Waals surface area contributed by atoms with Gasteiger partial charge in [-0.25, -0.2) is 0 Å². The number of amides is 2. The molecule has 0 spiro atoms. The summed E-state index contributed by atoms with van der Waals surface area (Å²) in [6, 6.07) is -0.0921. The molecule has 20 heavy (non-hydrogen) atoms. The lowest BCUT2D eigenvalue weighted by Gasteiger charge is -2.34. The van der Waals surface area contributed by atoms with Crippen LogP contribution in [0, 0.1) is 5.41 Å². The van der Waals surface area contributed by atoms with E-state index < -0.39 is 11.5 Å². The molecule has 2 atom stereocenters. The van der Waals surface area contributed by atoms with E-state index in [0.29, 0.717) is 6.04 Å². The minimum Gasteiger partial charge on any atom is -0.344 e. The molecule has 1 aliphatic heterocycles. The number of nitrogens with zero attached hydrogens (tertiary/aromatic N) is 1. The highest BCUT2D eigenvalue weighted by atomic mass is 35.5. The maximum Gasteiger partial charge on any atom is 0.244 e. The minimum absolute atomic E-state index is 0. The van der Waals surface area contributed by atoms with Crippen molar-refractivity contribution in [3.05, 3.63) is 0 Å². The highest BCUT2D eigenvalue weighted by molar-refractivity contribution is 5.89. The second-order valence-corrected chi connectivity index (χ2v) is 6.36. The van der Waals surface area contributed by atoms with Crippen LogP contribution in [-0.2, 0) is 9.59 Å². The van der Waals surface area contributed by atoms with Crippen molar-refractivity contribution in [3.63, 3.8) is 0 Å². The fourth-order valence-corrected chi connectivity index (χ4v) is 2.16. The number of hydrogen-bond donors (Lipinski definition) is 2. The van der Waals surface area contributed by atoms with Gasteiger partial charge in [0.25, 0.3) is 0 Å². The number of likely N-dealkylation sites (N-methyl/N-ethyl adjacent to an activating group) is 1. The molecule has 0 saturated carbocycles. The van der Waals surface area contributed by atoms with E-state index in [4.69, 9.17) is 0 Å². The van der Waals surface area contributed by atoms with Crippen molar-refractivity contribution in [2.75, 3.05) is 20.1 Å². The van der Waals surface area contributed by atoms with Crippen molar-refractivity contribution in [1.82, 2.24) is 15.5 Å². The smallest absolute Gasteiger partial charge is 0.244 e. The second-order valence-electron chi connectivity index (χ2n) is 6.36. The predicted molar refractivity (Wildman–Crippen MR) is 83.0 cm³/mol. The molecule has 1 aliphatic rings. The first-order chi connectivity index (χ1) is 8.75. The van der Waals surface area contributed by atoms with E-state index in [1.807, 2.05) is 32.7 Å². The summed E-state index contributed by atoms with van der Waals surface area (Å²) in [5, 5.41) is 6.01. The first kappa shape index (κ1) is 19.2. The molecule has 1 fully saturated rings. The first-order valence-corrected chi connectivity index (χ1v) is 7.02. The number of carbonyl (C=O) groups is 2. The van der Waals surface area contributed by atoms with Gasteiger partial charge in [-0.15, -0.1) is 12.4 Å². The summed E-state index contributed by atoms with van der Waals surface area (Å²) in [7, 11) is 1.92. The molecule has 2 N–H and O–H groups in total. The van der Waals surface area contributed by atoms with Crippen LogP contribution in [0.1, 0.15) is 40.5 Å². The number of likely N-dealkylation sites (tertiary alicyclic amines) is 1. The molecule has 0 aromatic heterocycles. The highest BCUT2D eigenvalue weighted by Gasteiger charge is 2.29. The summed E-state index contributed by atoms with van der Waals surface area (Å²) in [6.45, 7) is 8.80. The number of nitrogens with one attached hydrogen (secondary N) is 2. The fourth-order valence-electron chi connectivity index (χ4n) is 2.16. The Labute approximate surface area is 128 Å². The number of piperidine rings is 1. The third-order valence-corrected chi connectivity index (χ3v) is 3.54. The maximum atomic E-state index is 12.3. The zero-order valence-corrected chi connectivity index (χ0v) is 14.0. The normalized spacial score (nSPS) is 20.9. The van der Waals surface area contributed by atoms with Crippen molar-refractivity contribution in [2.24, 2.45) is 5.41 Å². The topological polar surface area (TPSA) is 61.4 Å². The lowest BCUT2D eigenvalue weighted by molar-refractivity contribution is -0.139. The molecule has 118 valence electrons. The summed E-state index contributed by atoms with van der Waals surface area (Å²) >= 11 is 0. The average Bonchev–Trinajstić information content (AvgIpc) is 2.36. The Kier molecular flexibility index (Phi) is 7.52. The van der Waals surface area contributed by atoms with Gasteiger partial charge in [-0.3, -0.25) is 9.59 Å². The van der Waals surface area contributed by atoms with E-state index in [2.05, 4.69) is 10.6 Å². The van der Waals surface area contributed by atoms with Gasteiger partial charge in [0, 0.05) is 24.5 Å². The van der Waals surface area contributed by atoms with E-state index in [-0.39, 0.29) is 24.2 Å². The van der Waals surface area contributed by atoms with Crippen LogP contribution >= 0.6 is 12.4 Å². The molecular formula is C14H28ClN3O2. The summed E-state index contributed by atoms with van der Waals surface area (Å²) < 4.78 is 0. The van der Waals surface area contributed by atoms with Gasteiger partial charge in [0.05, 0.1) is 0 Å². The molecule has 0 aromatic carbocycles. The third kappa shape index (κ3) is 5.29. The van der Waals surface area contributed by atoms with Crippen LogP contribution in [0.4, 0.5) is 0 Å². The molecule has 2 unspecified atom stereocenters. The van der Waals surface area contributed by atoms with E-state index in [1.165, 1.54) is 0 Å². The molecule has 0 bridgehead atoms. The molecule has 5 nitrogen and oxygen atoms in total. The molecule has 0 aromatic rings. The summed E-state index contributed by atoms with van der Waals surface area (Å²) in [6.07, 6.45) is 2.11. The number of hydrogen-bond acceptors (Lipinski definition) is 3. The minimum atomic E-state index is -0.468. The van der Waals surface area contributed by atoms with Gasteiger partial charge in [0.1, 0.15) is 6.04 Å². The Morgan fingerprint density at radius 1 is 1.30 bits per heavy atom. The first-order valence-electron chi connectivity index (χ1n) is 7.02. The van der Waals surface area contributed by atoms with Crippen molar-refractivity contribution >= 4 is 24.2 Å². The van der Waals surface area contributed by atoms with Crippen LogP contribution < -0.4 is 10.6 Å². The van der Waals surface area contributed by atoms with Gasteiger partial charge < -0.3 is 15.5 Å². The van der Waals surface area contributed by atoms with Crippen molar-refractivity contribution < 1.29 is 9.59 Å². The number of rotatable bonds is 3.